The molecule has 1 unspecified atom stereocenters. The van der Waals surface area contributed by atoms with Crippen LogP contribution in [0.4, 0.5) is 0 Å². The predicted molar refractivity (Wildman–Crippen MR) is 282 cm³/mol. The molecule has 4 aliphatic rings. The third kappa shape index (κ3) is 12.3. The number of carbonyl (C=O) groups is 2. The SMILES string of the molecule is COc1ccc(CO[C@@H]2[C@H](OCc3ccccc3)[C@H](O[C@H]3[C@H](OCc4ccccc4)[C@@H](N4C(=O)c5ccccc5C4=O)[C@H](OCc4ccccc4)O[C@@H]3COCc3ccccc3)O[C@@H]3COC(c4ccccc4)O[C@@H]23)cc1. The Bertz CT molecular complexity index is 2940. The van der Waals surface area contributed by atoms with E-state index in [4.69, 9.17) is 52.1 Å². The number of rotatable bonds is 21. The maximum absolute atomic E-state index is 14.9. The Kier molecular flexibility index (Phi) is 17.0. The maximum Gasteiger partial charge on any atom is 0.262 e. The highest BCUT2D eigenvalue weighted by atomic mass is 16.8. The van der Waals surface area contributed by atoms with Crippen molar-refractivity contribution in [2.75, 3.05) is 20.3 Å². The zero-order chi connectivity index (χ0) is 52.3. The van der Waals surface area contributed by atoms with Gasteiger partial charge in [-0.3, -0.25) is 14.5 Å². The van der Waals surface area contributed by atoms with Crippen molar-refractivity contribution in [3.63, 3.8) is 0 Å². The molecule has 0 aromatic heterocycles. The molecule has 0 radical (unpaired) electrons. The lowest BCUT2D eigenvalue weighted by atomic mass is 9.93. The number of benzene rings is 7. The van der Waals surface area contributed by atoms with Gasteiger partial charge >= 0.3 is 0 Å². The molecule has 3 saturated heterocycles. The van der Waals surface area contributed by atoms with Crippen molar-refractivity contribution in [3.8, 4) is 5.75 Å². The minimum atomic E-state index is -1.24. The zero-order valence-electron chi connectivity index (χ0n) is 42.6. The first-order valence-corrected chi connectivity index (χ1v) is 26.1. The average Bonchev–Trinajstić information content (AvgIpc) is 3.86. The molecule has 14 heteroatoms. The molecule has 4 heterocycles. The summed E-state index contributed by atoms with van der Waals surface area (Å²) in [4.78, 5) is 30.9. The second-order valence-electron chi connectivity index (χ2n) is 19.3. The Balaban J connectivity index is 1.01. The first-order valence-electron chi connectivity index (χ1n) is 26.1. The van der Waals surface area contributed by atoms with Crippen LogP contribution < -0.4 is 4.74 Å². The van der Waals surface area contributed by atoms with Gasteiger partial charge in [0.25, 0.3) is 11.8 Å². The summed E-state index contributed by atoms with van der Waals surface area (Å²) in [6.07, 6.45) is -9.66. The number of imide groups is 1. The van der Waals surface area contributed by atoms with Crippen LogP contribution >= 0.6 is 0 Å². The van der Waals surface area contributed by atoms with Crippen molar-refractivity contribution >= 4 is 11.8 Å². The van der Waals surface area contributed by atoms with Crippen LogP contribution in [0.5, 0.6) is 5.75 Å². The first kappa shape index (κ1) is 52.1. The van der Waals surface area contributed by atoms with Gasteiger partial charge in [-0.1, -0.05) is 176 Å². The van der Waals surface area contributed by atoms with Crippen LogP contribution in [0.3, 0.4) is 0 Å². The molecule has 4 aliphatic heterocycles. The molecule has 7 aromatic carbocycles. The molecule has 0 spiro atoms. The lowest BCUT2D eigenvalue weighted by molar-refractivity contribution is -0.393. The average molecular weight is 1040 g/mol. The quantitative estimate of drug-likeness (QED) is 0.0632. The molecule has 0 saturated carbocycles. The van der Waals surface area contributed by atoms with Gasteiger partial charge in [0, 0.05) is 5.56 Å². The normalized spacial score (nSPS) is 26.0. The molecular weight excluding hydrogens is 979 g/mol. The Hall–Kier alpha value is -6.92. The maximum atomic E-state index is 14.9. The Morgan fingerprint density at radius 3 is 1.51 bits per heavy atom. The Labute approximate surface area is 448 Å². The van der Waals surface area contributed by atoms with E-state index in [1.165, 1.54) is 4.90 Å². The number of amides is 2. The summed E-state index contributed by atoms with van der Waals surface area (Å²) in [6.45, 7) is 0.800. The number of fused-ring (bicyclic) bond motifs is 2. The van der Waals surface area contributed by atoms with Gasteiger partial charge in [-0.25, -0.2) is 0 Å². The van der Waals surface area contributed by atoms with Gasteiger partial charge in [0.15, 0.2) is 18.9 Å². The standard InChI is InChI=1S/C63H61NO13/c1-67-48-33-31-46(32-34-48)38-70-57-55-52(41-73-61(76-55)47-27-15-6-16-28-47)75-63(58(57)71-37-44-23-11-4-12-24-44)77-54-51(40-68-35-42-19-7-2-8-20-42)74-62(72-39-45-25-13-5-14-26-45)53(56(54)69-36-43-21-9-3-10-22-43)64-59(65)49-29-17-18-30-50(49)60(64)66/h2-34,51-58,61-63H,35-41H2,1H3/t51-,52-,53-,54-,55-,56-,57+,58+,61?,62-,63+/m1/s1. The molecule has 0 aliphatic carbocycles. The summed E-state index contributed by atoms with van der Waals surface area (Å²) in [7, 11) is 1.63. The number of nitrogens with zero attached hydrogens (tertiary/aromatic N) is 1. The van der Waals surface area contributed by atoms with Crippen LogP contribution in [-0.4, -0.2) is 98.4 Å². The van der Waals surface area contributed by atoms with Gasteiger partial charge in [-0.15, -0.1) is 0 Å². The largest absolute Gasteiger partial charge is 0.497 e. The zero-order valence-corrected chi connectivity index (χ0v) is 42.6. The summed E-state index contributed by atoms with van der Waals surface area (Å²) in [6, 6.07) is 61.9. The molecule has 11 atom stereocenters. The predicted octanol–water partition coefficient (Wildman–Crippen LogP) is 9.80. The lowest BCUT2D eigenvalue weighted by Crippen LogP contribution is -2.69. The summed E-state index contributed by atoms with van der Waals surface area (Å²) < 4.78 is 75.0. The lowest BCUT2D eigenvalue weighted by Gasteiger charge is -2.52. The topological polar surface area (TPSA) is 139 Å². The van der Waals surface area contributed by atoms with E-state index in [1.807, 2.05) is 176 Å². The second kappa shape index (κ2) is 25.0. The van der Waals surface area contributed by atoms with Gasteiger partial charge in [0.2, 0.25) is 0 Å². The smallest absolute Gasteiger partial charge is 0.262 e. The number of ether oxygens (including phenoxy) is 11. The van der Waals surface area contributed by atoms with E-state index in [0.29, 0.717) is 5.75 Å². The Morgan fingerprint density at radius 1 is 0.468 bits per heavy atom. The molecule has 77 heavy (non-hydrogen) atoms. The highest BCUT2D eigenvalue weighted by molar-refractivity contribution is 6.21. The Morgan fingerprint density at radius 2 is 0.948 bits per heavy atom. The summed E-state index contributed by atoms with van der Waals surface area (Å²) in [5.74, 6) is -0.324. The monoisotopic (exact) mass is 1040 g/mol. The van der Waals surface area contributed by atoms with Gasteiger partial charge in [-0.2, -0.15) is 0 Å². The molecular formula is C63H61NO13. The van der Waals surface area contributed by atoms with Crippen molar-refractivity contribution in [1.82, 2.24) is 4.90 Å². The molecule has 3 fully saturated rings. The fourth-order valence-electron chi connectivity index (χ4n) is 10.3. The van der Waals surface area contributed by atoms with Crippen LogP contribution in [0, 0.1) is 0 Å². The summed E-state index contributed by atoms with van der Waals surface area (Å²) in [5.41, 5.74) is 5.77. The van der Waals surface area contributed by atoms with E-state index in [0.717, 1.165) is 33.4 Å². The molecule has 14 nitrogen and oxygen atoms in total. The van der Waals surface area contributed by atoms with Crippen molar-refractivity contribution in [2.45, 2.75) is 101 Å². The molecule has 11 rings (SSSR count). The highest BCUT2D eigenvalue weighted by Gasteiger charge is 2.59. The number of methoxy groups -OCH3 is 1. The third-order valence-corrected chi connectivity index (χ3v) is 14.2. The second-order valence-corrected chi connectivity index (χ2v) is 19.3. The minimum absolute atomic E-state index is 0.0263. The summed E-state index contributed by atoms with van der Waals surface area (Å²) in [5, 5.41) is 0. The van der Waals surface area contributed by atoms with Gasteiger partial charge in [0.05, 0.1) is 64.5 Å². The van der Waals surface area contributed by atoms with Crippen LogP contribution in [0.2, 0.25) is 0 Å². The third-order valence-electron chi connectivity index (χ3n) is 14.2. The highest BCUT2D eigenvalue weighted by Crippen LogP contribution is 2.41. The van der Waals surface area contributed by atoms with E-state index in [9.17, 15) is 9.59 Å². The van der Waals surface area contributed by atoms with E-state index in [-0.39, 0.29) is 57.4 Å². The van der Waals surface area contributed by atoms with E-state index in [1.54, 1.807) is 31.4 Å². The molecule has 0 N–H and O–H groups in total. The van der Waals surface area contributed by atoms with Crippen LogP contribution in [0.15, 0.2) is 200 Å². The van der Waals surface area contributed by atoms with Gasteiger partial charge < -0.3 is 52.1 Å². The first-order chi connectivity index (χ1) is 38.0. The number of hydrogen-bond donors (Lipinski definition) is 0. The minimum Gasteiger partial charge on any atom is -0.497 e. The fourth-order valence-corrected chi connectivity index (χ4v) is 10.3. The summed E-state index contributed by atoms with van der Waals surface area (Å²) >= 11 is 0. The molecule has 0 bridgehead atoms. The van der Waals surface area contributed by atoms with Crippen LogP contribution in [0.1, 0.15) is 60.4 Å². The fraction of sp³-hybridized carbons (Fsp3) is 0.302. The number of carbonyl (C=O) groups excluding carboxylic acids is 2. The number of hydrogen-bond acceptors (Lipinski definition) is 13. The van der Waals surface area contributed by atoms with Gasteiger partial charge in [0.1, 0.15) is 54.5 Å². The van der Waals surface area contributed by atoms with Crippen molar-refractivity contribution in [2.24, 2.45) is 0 Å². The molecule has 2 amide bonds. The molecule has 7 aromatic rings. The molecule has 396 valence electrons. The van der Waals surface area contributed by atoms with Crippen molar-refractivity contribution < 1.29 is 61.7 Å². The van der Waals surface area contributed by atoms with Gasteiger partial charge in [-0.05, 0) is 52.1 Å². The van der Waals surface area contributed by atoms with Crippen LogP contribution in [0.25, 0.3) is 0 Å². The van der Waals surface area contributed by atoms with Crippen molar-refractivity contribution in [1.29, 1.82) is 0 Å². The van der Waals surface area contributed by atoms with E-state index >= 15 is 0 Å². The van der Waals surface area contributed by atoms with E-state index in [2.05, 4.69) is 0 Å². The van der Waals surface area contributed by atoms with Crippen LogP contribution in [-0.2, 0) is 80.4 Å². The van der Waals surface area contributed by atoms with E-state index < -0.39 is 79.5 Å². The van der Waals surface area contributed by atoms with Crippen molar-refractivity contribution in [3.05, 3.63) is 245 Å².